The van der Waals surface area contributed by atoms with Crippen LogP contribution in [-0.4, -0.2) is 28.3 Å². The Morgan fingerprint density at radius 2 is 1.76 bits per heavy atom. The number of benzene rings is 1. The van der Waals surface area contributed by atoms with Crippen LogP contribution in [0, 0.1) is 6.92 Å². The standard InChI is InChI=1S/C13H19NO3/c1-8-4-6-11(7-5-8)12(15)9(2)14-10(3)13(16)17/h4-7,9-10,12,14-15H,1-3H3,(H,16,17). The minimum atomic E-state index is -0.923. The highest BCUT2D eigenvalue weighted by atomic mass is 16.4. The Bertz CT molecular complexity index is 375. The number of rotatable bonds is 5. The lowest BCUT2D eigenvalue weighted by molar-refractivity contribution is -0.139. The number of aliphatic carboxylic acids is 1. The molecule has 0 aromatic heterocycles. The molecule has 17 heavy (non-hydrogen) atoms. The first kappa shape index (κ1) is 13.7. The maximum atomic E-state index is 10.7. The second-order valence-electron chi connectivity index (χ2n) is 4.37. The van der Waals surface area contributed by atoms with Crippen LogP contribution in [0.5, 0.6) is 0 Å². The van der Waals surface area contributed by atoms with Crippen molar-refractivity contribution in [1.29, 1.82) is 0 Å². The van der Waals surface area contributed by atoms with Gasteiger partial charge in [-0.3, -0.25) is 10.1 Å². The zero-order chi connectivity index (χ0) is 13.0. The molecule has 0 saturated carbocycles. The fourth-order valence-electron chi connectivity index (χ4n) is 1.61. The number of aliphatic hydroxyl groups excluding tert-OH is 1. The van der Waals surface area contributed by atoms with E-state index < -0.39 is 18.1 Å². The number of nitrogens with one attached hydrogen (secondary N) is 1. The van der Waals surface area contributed by atoms with E-state index in [2.05, 4.69) is 5.32 Å². The van der Waals surface area contributed by atoms with E-state index in [0.29, 0.717) is 0 Å². The highest BCUT2D eigenvalue weighted by Crippen LogP contribution is 2.17. The molecule has 0 amide bonds. The van der Waals surface area contributed by atoms with Crippen LogP contribution in [0.25, 0.3) is 0 Å². The molecule has 3 N–H and O–H groups in total. The summed E-state index contributed by atoms with van der Waals surface area (Å²) >= 11 is 0. The summed E-state index contributed by atoms with van der Waals surface area (Å²) in [6.07, 6.45) is -0.711. The molecule has 4 nitrogen and oxygen atoms in total. The van der Waals surface area contributed by atoms with Gasteiger partial charge in [-0.25, -0.2) is 0 Å². The van der Waals surface area contributed by atoms with Crippen molar-refractivity contribution in [2.75, 3.05) is 0 Å². The van der Waals surface area contributed by atoms with Gasteiger partial charge in [0.15, 0.2) is 0 Å². The predicted molar refractivity (Wildman–Crippen MR) is 65.8 cm³/mol. The number of aliphatic hydroxyl groups is 1. The average Bonchev–Trinajstić information content (AvgIpc) is 2.28. The lowest BCUT2D eigenvalue weighted by Crippen LogP contribution is -2.42. The van der Waals surface area contributed by atoms with Crippen molar-refractivity contribution in [3.63, 3.8) is 0 Å². The van der Waals surface area contributed by atoms with Gasteiger partial charge < -0.3 is 10.2 Å². The van der Waals surface area contributed by atoms with E-state index in [1.807, 2.05) is 31.2 Å². The minimum absolute atomic E-state index is 0.316. The summed E-state index contributed by atoms with van der Waals surface area (Å²) < 4.78 is 0. The summed E-state index contributed by atoms with van der Waals surface area (Å²) in [6, 6.07) is 6.55. The second-order valence-corrected chi connectivity index (χ2v) is 4.37. The number of aryl methyl sites for hydroxylation is 1. The minimum Gasteiger partial charge on any atom is -0.480 e. The average molecular weight is 237 g/mol. The van der Waals surface area contributed by atoms with E-state index in [1.54, 1.807) is 13.8 Å². The van der Waals surface area contributed by atoms with Gasteiger partial charge in [0.25, 0.3) is 0 Å². The molecule has 94 valence electrons. The van der Waals surface area contributed by atoms with Crippen LogP contribution in [0.1, 0.15) is 31.1 Å². The first-order chi connectivity index (χ1) is 7.91. The summed E-state index contributed by atoms with van der Waals surface area (Å²) in [5, 5.41) is 21.7. The van der Waals surface area contributed by atoms with Crippen LogP contribution >= 0.6 is 0 Å². The fourth-order valence-corrected chi connectivity index (χ4v) is 1.61. The predicted octanol–water partition coefficient (Wildman–Crippen LogP) is 1.48. The van der Waals surface area contributed by atoms with Gasteiger partial charge in [0.05, 0.1) is 6.10 Å². The maximum absolute atomic E-state index is 10.7. The monoisotopic (exact) mass is 237 g/mol. The zero-order valence-electron chi connectivity index (χ0n) is 10.3. The molecule has 0 aliphatic carbocycles. The third kappa shape index (κ3) is 3.84. The van der Waals surface area contributed by atoms with Crippen LogP contribution in [0.2, 0.25) is 0 Å². The number of hydrogen-bond acceptors (Lipinski definition) is 3. The summed E-state index contributed by atoms with van der Waals surface area (Å²) in [5.74, 6) is -0.923. The first-order valence-corrected chi connectivity index (χ1v) is 5.65. The molecule has 3 unspecified atom stereocenters. The van der Waals surface area contributed by atoms with E-state index in [0.717, 1.165) is 11.1 Å². The third-order valence-corrected chi connectivity index (χ3v) is 2.78. The van der Waals surface area contributed by atoms with E-state index in [9.17, 15) is 9.90 Å². The Morgan fingerprint density at radius 1 is 1.24 bits per heavy atom. The van der Waals surface area contributed by atoms with Crippen molar-refractivity contribution < 1.29 is 15.0 Å². The van der Waals surface area contributed by atoms with Gasteiger partial charge >= 0.3 is 5.97 Å². The van der Waals surface area contributed by atoms with Crippen LogP contribution < -0.4 is 5.32 Å². The van der Waals surface area contributed by atoms with Gasteiger partial charge in [-0.15, -0.1) is 0 Å². The van der Waals surface area contributed by atoms with E-state index in [4.69, 9.17) is 5.11 Å². The van der Waals surface area contributed by atoms with Crippen molar-refractivity contribution in [1.82, 2.24) is 5.32 Å². The van der Waals surface area contributed by atoms with Crippen molar-refractivity contribution >= 4 is 5.97 Å². The first-order valence-electron chi connectivity index (χ1n) is 5.65. The Kier molecular flexibility index (Phi) is 4.66. The fraction of sp³-hybridized carbons (Fsp3) is 0.462. The molecule has 1 rings (SSSR count). The molecule has 0 fully saturated rings. The molecule has 1 aromatic rings. The molecule has 0 radical (unpaired) electrons. The molecule has 0 bridgehead atoms. The molecule has 0 aliphatic rings. The SMILES string of the molecule is Cc1ccc(C(O)C(C)NC(C)C(=O)O)cc1. The molecular formula is C13H19NO3. The topological polar surface area (TPSA) is 69.6 Å². The molecule has 1 aromatic carbocycles. The smallest absolute Gasteiger partial charge is 0.320 e. The lowest BCUT2D eigenvalue weighted by Gasteiger charge is -2.22. The Balaban J connectivity index is 2.66. The Labute approximate surface area is 101 Å². The molecule has 3 atom stereocenters. The molecule has 0 spiro atoms. The number of hydrogen-bond donors (Lipinski definition) is 3. The van der Waals surface area contributed by atoms with Gasteiger partial charge in [0, 0.05) is 6.04 Å². The molecular weight excluding hydrogens is 218 g/mol. The summed E-state index contributed by atoms with van der Waals surface area (Å²) in [6.45, 7) is 5.30. The summed E-state index contributed by atoms with van der Waals surface area (Å²) in [5.41, 5.74) is 1.91. The van der Waals surface area contributed by atoms with E-state index in [-0.39, 0.29) is 6.04 Å². The number of carboxylic acids is 1. The van der Waals surface area contributed by atoms with Gasteiger partial charge in [-0.05, 0) is 26.3 Å². The van der Waals surface area contributed by atoms with Gasteiger partial charge in [-0.2, -0.15) is 0 Å². The molecule has 4 heteroatoms. The Hall–Kier alpha value is -1.39. The van der Waals surface area contributed by atoms with Crippen molar-refractivity contribution in [3.05, 3.63) is 35.4 Å². The number of carbonyl (C=O) groups is 1. The van der Waals surface area contributed by atoms with E-state index in [1.165, 1.54) is 0 Å². The van der Waals surface area contributed by atoms with Crippen molar-refractivity contribution in [3.8, 4) is 0 Å². The van der Waals surface area contributed by atoms with E-state index >= 15 is 0 Å². The highest BCUT2D eigenvalue weighted by molar-refractivity contribution is 5.72. The summed E-state index contributed by atoms with van der Waals surface area (Å²) in [4.78, 5) is 10.7. The van der Waals surface area contributed by atoms with Gasteiger partial charge in [0.2, 0.25) is 0 Å². The van der Waals surface area contributed by atoms with Crippen molar-refractivity contribution in [2.45, 2.75) is 39.0 Å². The quantitative estimate of drug-likeness (QED) is 0.725. The third-order valence-electron chi connectivity index (χ3n) is 2.78. The number of carboxylic acid groups (broad SMARTS) is 1. The Morgan fingerprint density at radius 3 is 2.24 bits per heavy atom. The van der Waals surface area contributed by atoms with Crippen LogP contribution in [-0.2, 0) is 4.79 Å². The molecule has 0 saturated heterocycles. The van der Waals surface area contributed by atoms with Gasteiger partial charge in [0.1, 0.15) is 6.04 Å². The van der Waals surface area contributed by atoms with Gasteiger partial charge in [-0.1, -0.05) is 29.8 Å². The van der Waals surface area contributed by atoms with Crippen LogP contribution in [0.3, 0.4) is 0 Å². The largest absolute Gasteiger partial charge is 0.480 e. The van der Waals surface area contributed by atoms with Crippen LogP contribution in [0.4, 0.5) is 0 Å². The van der Waals surface area contributed by atoms with Crippen LogP contribution in [0.15, 0.2) is 24.3 Å². The summed E-state index contributed by atoms with van der Waals surface area (Å²) in [7, 11) is 0. The normalized spacial score (nSPS) is 16.2. The second kappa shape index (κ2) is 5.80. The molecule has 0 heterocycles. The lowest BCUT2D eigenvalue weighted by atomic mass is 10.0. The van der Waals surface area contributed by atoms with Crippen molar-refractivity contribution in [2.24, 2.45) is 0 Å². The zero-order valence-corrected chi connectivity index (χ0v) is 10.3. The highest BCUT2D eigenvalue weighted by Gasteiger charge is 2.20. The maximum Gasteiger partial charge on any atom is 0.320 e. The molecule has 0 aliphatic heterocycles.